The van der Waals surface area contributed by atoms with E-state index < -0.39 is 5.60 Å². The molecule has 0 bridgehead atoms. The number of hydrogen-bond acceptors (Lipinski definition) is 2. The van der Waals surface area contributed by atoms with E-state index in [2.05, 4.69) is 48.5 Å². The molecule has 3 heteroatoms. The molecular formula is C21H23NO2. The highest BCUT2D eigenvalue weighted by atomic mass is 16.5. The highest BCUT2D eigenvalue weighted by Crippen LogP contribution is 2.55. The lowest BCUT2D eigenvalue weighted by Gasteiger charge is -2.40. The van der Waals surface area contributed by atoms with E-state index in [-0.39, 0.29) is 23.7 Å². The third-order valence-corrected chi connectivity index (χ3v) is 5.86. The second-order valence-corrected chi connectivity index (χ2v) is 6.99. The minimum absolute atomic E-state index is 0.0713. The van der Waals surface area contributed by atoms with Crippen LogP contribution >= 0.6 is 0 Å². The van der Waals surface area contributed by atoms with Crippen LogP contribution < -0.4 is 5.73 Å². The van der Waals surface area contributed by atoms with E-state index in [1.54, 1.807) is 0 Å². The van der Waals surface area contributed by atoms with Crippen molar-refractivity contribution in [2.75, 3.05) is 6.61 Å². The number of carbonyl (C=O) groups excluding carboxylic acids is 1. The van der Waals surface area contributed by atoms with Crippen molar-refractivity contribution in [1.29, 1.82) is 0 Å². The smallest absolute Gasteiger partial charge is 0.220 e. The molecule has 4 rings (SSSR count). The number of primary amides is 1. The Bertz CT molecular complexity index is 674. The first kappa shape index (κ1) is 15.4. The Kier molecular flexibility index (Phi) is 3.89. The van der Waals surface area contributed by atoms with Gasteiger partial charge in [-0.3, -0.25) is 4.79 Å². The zero-order valence-corrected chi connectivity index (χ0v) is 13.7. The van der Waals surface area contributed by atoms with Crippen LogP contribution in [0.1, 0.15) is 30.4 Å². The van der Waals surface area contributed by atoms with Crippen LogP contribution in [0.5, 0.6) is 0 Å². The zero-order chi connectivity index (χ0) is 16.6. The fourth-order valence-electron chi connectivity index (χ4n) is 4.82. The van der Waals surface area contributed by atoms with E-state index in [1.807, 2.05) is 12.1 Å². The minimum atomic E-state index is -0.471. The zero-order valence-electron chi connectivity index (χ0n) is 13.7. The molecule has 0 radical (unpaired) electrons. The summed E-state index contributed by atoms with van der Waals surface area (Å²) in [7, 11) is 0. The van der Waals surface area contributed by atoms with Crippen molar-refractivity contribution in [3.8, 4) is 0 Å². The Morgan fingerprint density at radius 3 is 2.08 bits per heavy atom. The van der Waals surface area contributed by atoms with Crippen molar-refractivity contribution >= 4 is 5.91 Å². The summed E-state index contributed by atoms with van der Waals surface area (Å²) in [5.74, 6) is 0.244. The summed E-state index contributed by atoms with van der Waals surface area (Å²) in [5, 5.41) is 0. The van der Waals surface area contributed by atoms with Gasteiger partial charge in [0.25, 0.3) is 0 Å². The predicted molar refractivity (Wildman–Crippen MR) is 93.1 cm³/mol. The molecular weight excluding hydrogens is 298 g/mol. The first-order valence-corrected chi connectivity index (χ1v) is 8.78. The highest BCUT2D eigenvalue weighted by Gasteiger charge is 2.55. The predicted octanol–water partition coefficient (Wildman–Crippen LogP) is 3.48. The molecule has 1 saturated carbocycles. The molecule has 1 heterocycles. The molecule has 1 aliphatic carbocycles. The Balaban J connectivity index is 1.85. The third-order valence-electron chi connectivity index (χ3n) is 5.86. The maximum Gasteiger partial charge on any atom is 0.220 e. The van der Waals surface area contributed by atoms with Crippen LogP contribution in [0.15, 0.2) is 60.7 Å². The summed E-state index contributed by atoms with van der Waals surface area (Å²) >= 11 is 0. The first-order chi connectivity index (χ1) is 11.7. The van der Waals surface area contributed by atoms with Crippen molar-refractivity contribution in [2.24, 2.45) is 23.5 Å². The number of nitrogens with two attached hydrogens (primary N) is 1. The van der Waals surface area contributed by atoms with E-state index in [0.29, 0.717) is 6.61 Å². The Labute approximate surface area is 142 Å². The monoisotopic (exact) mass is 321 g/mol. The average Bonchev–Trinajstić information content (AvgIpc) is 3.03. The molecule has 3 nitrogen and oxygen atoms in total. The molecule has 2 aromatic rings. The van der Waals surface area contributed by atoms with Crippen molar-refractivity contribution in [2.45, 2.75) is 24.9 Å². The molecule has 2 aromatic carbocycles. The SMILES string of the molecule is NC(=O)C1CCCC2C1COC2(c1ccccc1)c1ccccc1. The van der Waals surface area contributed by atoms with Gasteiger partial charge in [-0.25, -0.2) is 0 Å². The number of hydrogen-bond donors (Lipinski definition) is 1. The Morgan fingerprint density at radius 2 is 1.54 bits per heavy atom. The number of ether oxygens (including phenoxy) is 1. The van der Waals surface area contributed by atoms with E-state index in [1.165, 1.54) is 11.1 Å². The van der Waals surface area contributed by atoms with Crippen LogP contribution in [0.25, 0.3) is 0 Å². The summed E-state index contributed by atoms with van der Waals surface area (Å²) in [6.45, 7) is 0.599. The number of carbonyl (C=O) groups is 1. The van der Waals surface area contributed by atoms with E-state index in [9.17, 15) is 4.79 Å². The van der Waals surface area contributed by atoms with Gasteiger partial charge in [0, 0.05) is 17.8 Å². The van der Waals surface area contributed by atoms with Gasteiger partial charge in [0.15, 0.2) is 0 Å². The molecule has 24 heavy (non-hydrogen) atoms. The van der Waals surface area contributed by atoms with Gasteiger partial charge in [0.1, 0.15) is 5.60 Å². The fourth-order valence-corrected chi connectivity index (χ4v) is 4.82. The Morgan fingerprint density at radius 1 is 0.958 bits per heavy atom. The summed E-state index contributed by atoms with van der Waals surface area (Å²) in [5.41, 5.74) is 7.57. The van der Waals surface area contributed by atoms with Gasteiger partial charge in [-0.05, 0) is 24.0 Å². The minimum Gasteiger partial charge on any atom is -0.369 e. The molecule has 3 unspecified atom stereocenters. The van der Waals surface area contributed by atoms with Gasteiger partial charge in [-0.1, -0.05) is 67.1 Å². The fraction of sp³-hybridized carbons (Fsp3) is 0.381. The molecule has 2 aliphatic rings. The van der Waals surface area contributed by atoms with E-state index in [0.717, 1.165) is 19.3 Å². The van der Waals surface area contributed by atoms with Crippen molar-refractivity contribution in [3.05, 3.63) is 71.8 Å². The van der Waals surface area contributed by atoms with Crippen LogP contribution in [0.3, 0.4) is 0 Å². The lowest BCUT2D eigenvalue weighted by Crippen LogP contribution is -2.42. The summed E-state index contributed by atoms with van der Waals surface area (Å²) in [6.07, 6.45) is 2.98. The summed E-state index contributed by atoms with van der Waals surface area (Å²) in [6, 6.07) is 20.9. The lowest BCUT2D eigenvalue weighted by atomic mass is 9.64. The van der Waals surface area contributed by atoms with Crippen LogP contribution in [0, 0.1) is 17.8 Å². The van der Waals surface area contributed by atoms with Gasteiger partial charge < -0.3 is 10.5 Å². The van der Waals surface area contributed by atoms with Crippen molar-refractivity contribution < 1.29 is 9.53 Å². The molecule has 2 N–H and O–H groups in total. The Hall–Kier alpha value is -2.13. The van der Waals surface area contributed by atoms with Gasteiger partial charge in [0.05, 0.1) is 6.61 Å². The molecule has 2 fully saturated rings. The first-order valence-electron chi connectivity index (χ1n) is 8.78. The maximum atomic E-state index is 11.9. The topological polar surface area (TPSA) is 52.3 Å². The van der Waals surface area contributed by atoms with Crippen molar-refractivity contribution in [1.82, 2.24) is 0 Å². The van der Waals surface area contributed by atoms with Crippen molar-refractivity contribution in [3.63, 3.8) is 0 Å². The molecule has 3 atom stereocenters. The molecule has 0 aromatic heterocycles. The number of benzene rings is 2. The number of fused-ring (bicyclic) bond motifs is 1. The number of rotatable bonds is 3. The average molecular weight is 321 g/mol. The maximum absolute atomic E-state index is 11.9. The van der Waals surface area contributed by atoms with Crippen LogP contribution in [0.4, 0.5) is 0 Å². The third kappa shape index (κ3) is 2.27. The van der Waals surface area contributed by atoms with Gasteiger partial charge in [-0.15, -0.1) is 0 Å². The summed E-state index contributed by atoms with van der Waals surface area (Å²) < 4.78 is 6.53. The van der Waals surface area contributed by atoms with E-state index >= 15 is 0 Å². The van der Waals surface area contributed by atoms with Crippen LogP contribution in [-0.2, 0) is 15.1 Å². The normalized spacial score (nSPS) is 28.2. The second-order valence-electron chi connectivity index (χ2n) is 6.99. The molecule has 1 aliphatic heterocycles. The highest BCUT2D eigenvalue weighted by molar-refractivity contribution is 5.77. The molecule has 124 valence electrons. The molecule has 1 saturated heterocycles. The van der Waals surface area contributed by atoms with E-state index in [4.69, 9.17) is 10.5 Å². The van der Waals surface area contributed by atoms with Crippen LogP contribution in [-0.4, -0.2) is 12.5 Å². The summed E-state index contributed by atoms with van der Waals surface area (Å²) in [4.78, 5) is 11.9. The quantitative estimate of drug-likeness (QED) is 0.941. The molecule has 0 spiro atoms. The number of amides is 1. The van der Waals surface area contributed by atoms with Crippen LogP contribution in [0.2, 0.25) is 0 Å². The second kappa shape index (κ2) is 6.06. The standard InChI is InChI=1S/C21H23NO2/c22-20(23)17-12-7-13-19-18(17)14-24-21(19,15-8-3-1-4-9-15)16-10-5-2-6-11-16/h1-6,8-11,17-19H,7,12-14H2,(H2,22,23). The largest absolute Gasteiger partial charge is 0.369 e. The van der Waals surface area contributed by atoms with Gasteiger partial charge >= 0.3 is 0 Å². The lowest BCUT2D eigenvalue weighted by molar-refractivity contribution is -0.125. The van der Waals surface area contributed by atoms with Gasteiger partial charge in [0.2, 0.25) is 5.91 Å². The molecule has 1 amide bonds. The van der Waals surface area contributed by atoms with Gasteiger partial charge in [-0.2, -0.15) is 0 Å².